The molecule has 4 heteroatoms. The summed E-state index contributed by atoms with van der Waals surface area (Å²) < 4.78 is 0. The Morgan fingerprint density at radius 2 is 2.41 bits per heavy atom. The van der Waals surface area contributed by atoms with Gasteiger partial charge in [-0.1, -0.05) is 11.6 Å². The third-order valence-electron chi connectivity index (χ3n) is 4.11. The van der Waals surface area contributed by atoms with E-state index in [1.807, 2.05) is 6.07 Å². The van der Waals surface area contributed by atoms with E-state index in [1.165, 1.54) is 36.0 Å². The minimum absolute atomic E-state index is 0.725. The average molecular weight is 248 g/mol. The van der Waals surface area contributed by atoms with E-state index in [9.17, 15) is 0 Å². The third-order valence-corrected chi connectivity index (χ3v) is 4.32. The molecule has 1 unspecified atom stereocenters. The first-order chi connectivity index (χ1) is 8.31. The van der Waals surface area contributed by atoms with Crippen molar-refractivity contribution in [1.29, 1.82) is 0 Å². The molecule has 88 valence electrons. The van der Waals surface area contributed by atoms with Crippen molar-refractivity contribution in [3.8, 4) is 0 Å². The third kappa shape index (κ3) is 1.42. The highest BCUT2D eigenvalue weighted by Crippen LogP contribution is 2.34. The van der Waals surface area contributed by atoms with Crippen molar-refractivity contribution in [3.05, 3.63) is 28.5 Å². The molecule has 0 amide bonds. The highest BCUT2D eigenvalue weighted by molar-refractivity contribution is 6.31. The molecule has 0 aromatic carbocycles. The summed E-state index contributed by atoms with van der Waals surface area (Å²) in [6.07, 6.45) is 5.53. The monoisotopic (exact) mass is 247 g/mol. The van der Waals surface area contributed by atoms with Gasteiger partial charge < -0.3 is 4.98 Å². The summed E-state index contributed by atoms with van der Waals surface area (Å²) >= 11 is 6.04. The zero-order chi connectivity index (χ0) is 11.4. The van der Waals surface area contributed by atoms with Crippen LogP contribution in [0, 0.1) is 0 Å². The first-order valence-electron chi connectivity index (χ1n) is 6.20. The number of rotatable bonds is 0. The summed E-state index contributed by atoms with van der Waals surface area (Å²) in [5, 5.41) is 1.93. The van der Waals surface area contributed by atoms with Crippen molar-refractivity contribution in [2.75, 3.05) is 6.54 Å². The number of aromatic amines is 1. The van der Waals surface area contributed by atoms with Crippen LogP contribution in [0.5, 0.6) is 0 Å². The van der Waals surface area contributed by atoms with Crippen molar-refractivity contribution < 1.29 is 0 Å². The lowest BCUT2D eigenvalue weighted by Crippen LogP contribution is -2.34. The molecule has 1 atom stereocenters. The topological polar surface area (TPSA) is 31.9 Å². The fraction of sp³-hybridized carbons (Fsp3) is 0.462. The number of aromatic nitrogens is 2. The molecule has 1 fully saturated rings. The SMILES string of the molecule is Clc1cnc2[nH]c3c(c2c1)CN1CCCC1C3. The molecule has 2 aromatic rings. The van der Waals surface area contributed by atoms with Crippen LogP contribution in [0.3, 0.4) is 0 Å². The van der Waals surface area contributed by atoms with Crippen LogP contribution in [0.4, 0.5) is 0 Å². The number of pyridine rings is 1. The lowest BCUT2D eigenvalue weighted by Gasteiger charge is -2.29. The van der Waals surface area contributed by atoms with Crippen molar-refractivity contribution >= 4 is 22.6 Å². The maximum Gasteiger partial charge on any atom is 0.137 e. The summed E-state index contributed by atoms with van der Waals surface area (Å²) in [6, 6.07) is 2.78. The molecule has 2 aromatic heterocycles. The Kier molecular flexibility index (Phi) is 2.02. The largest absolute Gasteiger partial charge is 0.343 e. The number of hydrogen-bond acceptors (Lipinski definition) is 2. The highest BCUT2D eigenvalue weighted by atomic mass is 35.5. The second-order valence-electron chi connectivity index (χ2n) is 5.10. The molecule has 2 aliphatic heterocycles. The Morgan fingerprint density at radius 3 is 3.35 bits per heavy atom. The first kappa shape index (κ1) is 9.92. The average Bonchev–Trinajstić information content (AvgIpc) is 2.89. The fourth-order valence-electron chi connectivity index (χ4n) is 3.28. The van der Waals surface area contributed by atoms with Crippen molar-refractivity contribution in [1.82, 2.24) is 14.9 Å². The van der Waals surface area contributed by atoms with Crippen LogP contribution in [0.1, 0.15) is 24.1 Å². The summed E-state index contributed by atoms with van der Waals surface area (Å²) in [5.41, 5.74) is 3.77. The van der Waals surface area contributed by atoms with Gasteiger partial charge >= 0.3 is 0 Å². The molecule has 0 aliphatic carbocycles. The highest BCUT2D eigenvalue weighted by Gasteiger charge is 2.31. The van der Waals surface area contributed by atoms with E-state index in [2.05, 4.69) is 14.9 Å². The Morgan fingerprint density at radius 1 is 1.47 bits per heavy atom. The molecule has 1 saturated heterocycles. The number of nitrogens with one attached hydrogen (secondary N) is 1. The molecule has 0 radical (unpaired) electrons. The van der Waals surface area contributed by atoms with E-state index in [-0.39, 0.29) is 0 Å². The second-order valence-corrected chi connectivity index (χ2v) is 5.54. The van der Waals surface area contributed by atoms with Crippen molar-refractivity contribution in [2.24, 2.45) is 0 Å². The first-order valence-corrected chi connectivity index (χ1v) is 6.58. The molecule has 4 rings (SSSR count). The van der Waals surface area contributed by atoms with Gasteiger partial charge in [0.1, 0.15) is 5.65 Å². The molecular formula is C13H14ClN3. The second kappa shape index (κ2) is 3.47. The Labute approximate surface area is 105 Å². The van der Waals surface area contributed by atoms with Crippen LogP contribution in [0.25, 0.3) is 11.0 Å². The van der Waals surface area contributed by atoms with Crippen LogP contribution in [0.15, 0.2) is 12.3 Å². The quantitative estimate of drug-likeness (QED) is 0.776. The standard InChI is InChI=1S/C13H14ClN3/c14-8-4-10-11-7-17-3-1-2-9(17)5-12(11)16-13(10)15-6-8/h4,6,9H,1-3,5,7H2,(H,15,16). The van der Waals surface area contributed by atoms with E-state index in [1.54, 1.807) is 6.20 Å². The molecule has 0 spiro atoms. The van der Waals surface area contributed by atoms with Gasteiger partial charge in [0.2, 0.25) is 0 Å². The molecule has 1 N–H and O–H groups in total. The molecule has 4 heterocycles. The fourth-order valence-corrected chi connectivity index (χ4v) is 3.44. The van der Waals surface area contributed by atoms with Gasteiger partial charge in [-0.25, -0.2) is 4.98 Å². The minimum atomic E-state index is 0.725. The van der Waals surface area contributed by atoms with Crippen LogP contribution in [0.2, 0.25) is 5.02 Å². The summed E-state index contributed by atoms with van der Waals surface area (Å²) in [4.78, 5) is 10.4. The summed E-state index contributed by atoms with van der Waals surface area (Å²) in [6.45, 7) is 2.30. The normalized spacial score (nSPS) is 23.9. The van der Waals surface area contributed by atoms with Gasteiger partial charge in [0.05, 0.1) is 5.02 Å². The lowest BCUT2D eigenvalue weighted by molar-refractivity contribution is 0.227. The number of nitrogens with zero attached hydrogens (tertiary/aromatic N) is 2. The number of hydrogen-bond donors (Lipinski definition) is 1. The molecule has 0 saturated carbocycles. The van der Waals surface area contributed by atoms with E-state index in [0.29, 0.717) is 0 Å². The van der Waals surface area contributed by atoms with Crippen molar-refractivity contribution in [2.45, 2.75) is 31.8 Å². The van der Waals surface area contributed by atoms with Gasteiger partial charge in [-0.15, -0.1) is 0 Å². The van der Waals surface area contributed by atoms with Crippen molar-refractivity contribution in [3.63, 3.8) is 0 Å². The Hall–Kier alpha value is -1.06. The van der Waals surface area contributed by atoms with E-state index >= 15 is 0 Å². The smallest absolute Gasteiger partial charge is 0.137 e. The predicted octanol–water partition coefficient (Wildman–Crippen LogP) is 2.74. The van der Waals surface area contributed by atoms with Crippen LogP contribution in [-0.2, 0) is 13.0 Å². The van der Waals surface area contributed by atoms with Gasteiger partial charge in [0.15, 0.2) is 0 Å². The summed E-state index contributed by atoms with van der Waals surface area (Å²) in [7, 11) is 0. The Bertz CT molecular complexity index is 590. The molecular weight excluding hydrogens is 234 g/mol. The minimum Gasteiger partial charge on any atom is -0.343 e. The van der Waals surface area contributed by atoms with E-state index in [0.717, 1.165) is 29.7 Å². The molecule has 2 aliphatic rings. The summed E-state index contributed by atoms with van der Waals surface area (Å²) in [5.74, 6) is 0. The Balaban J connectivity index is 1.89. The molecule has 0 bridgehead atoms. The van der Waals surface area contributed by atoms with Gasteiger partial charge in [-0.2, -0.15) is 0 Å². The van der Waals surface area contributed by atoms with Gasteiger partial charge in [-0.05, 0) is 31.0 Å². The van der Waals surface area contributed by atoms with Crippen LogP contribution in [-0.4, -0.2) is 27.5 Å². The van der Waals surface area contributed by atoms with Crippen LogP contribution >= 0.6 is 11.6 Å². The number of fused-ring (bicyclic) bond motifs is 4. The number of H-pyrrole nitrogens is 1. The van der Waals surface area contributed by atoms with E-state index < -0.39 is 0 Å². The molecule has 3 nitrogen and oxygen atoms in total. The maximum absolute atomic E-state index is 6.04. The molecule has 17 heavy (non-hydrogen) atoms. The maximum atomic E-state index is 6.04. The van der Waals surface area contributed by atoms with Crippen LogP contribution < -0.4 is 0 Å². The van der Waals surface area contributed by atoms with Gasteiger partial charge in [-0.3, -0.25) is 4.90 Å². The van der Waals surface area contributed by atoms with Gasteiger partial charge in [0, 0.05) is 36.3 Å². The zero-order valence-corrected chi connectivity index (χ0v) is 10.3. The predicted molar refractivity (Wildman–Crippen MR) is 68.2 cm³/mol. The number of halogens is 1. The van der Waals surface area contributed by atoms with Gasteiger partial charge in [0.25, 0.3) is 0 Å². The zero-order valence-electron chi connectivity index (χ0n) is 9.54. The lowest BCUT2D eigenvalue weighted by atomic mass is 9.99. The van der Waals surface area contributed by atoms with E-state index in [4.69, 9.17) is 11.6 Å².